The zero-order chi connectivity index (χ0) is 15.4. The predicted octanol–water partition coefficient (Wildman–Crippen LogP) is 3.00. The number of aryl methyl sites for hydroxylation is 3. The van der Waals surface area contributed by atoms with E-state index in [1.165, 1.54) is 29.5 Å². The van der Waals surface area contributed by atoms with E-state index in [1.807, 2.05) is 0 Å². The minimum absolute atomic E-state index is 0.396. The second-order valence-corrected chi connectivity index (χ2v) is 6.55. The Kier molecular flexibility index (Phi) is 5.80. The zero-order valence-corrected chi connectivity index (χ0v) is 13.9. The second kappa shape index (κ2) is 7.39. The van der Waals surface area contributed by atoms with Gasteiger partial charge in [-0.15, -0.1) is 0 Å². The Morgan fingerprint density at radius 3 is 2.57 bits per heavy atom. The number of benzene rings is 1. The van der Waals surface area contributed by atoms with Gasteiger partial charge in [0, 0.05) is 20.2 Å². The van der Waals surface area contributed by atoms with Gasteiger partial charge in [0.1, 0.15) is 0 Å². The number of ether oxygens (including phenoxy) is 1. The topological polar surface area (TPSA) is 32.7 Å². The van der Waals surface area contributed by atoms with Gasteiger partial charge in [-0.05, 0) is 62.8 Å². The number of methoxy groups -OCH3 is 1. The fourth-order valence-corrected chi connectivity index (χ4v) is 3.74. The van der Waals surface area contributed by atoms with Crippen molar-refractivity contribution in [1.82, 2.24) is 4.90 Å². The molecule has 1 heterocycles. The fourth-order valence-electron chi connectivity index (χ4n) is 3.74. The Balaban J connectivity index is 2.02. The minimum Gasteiger partial charge on any atom is -0.387 e. The van der Waals surface area contributed by atoms with Crippen LogP contribution in [0, 0.1) is 26.7 Å². The Morgan fingerprint density at radius 1 is 1.29 bits per heavy atom. The lowest BCUT2D eigenvalue weighted by Gasteiger charge is -2.34. The molecule has 0 aliphatic carbocycles. The van der Waals surface area contributed by atoms with Crippen LogP contribution in [0.25, 0.3) is 0 Å². The van der Waals surface area contributed by atoms with Gasteiger partial charge in [-0.3, -0.25) is 0 Å². The van der Waals surface area contributed by atoms with Crippen LogP contribution >= 0.6 is 0 Å². The monoisotopic (exact) mass is 291 g/mol. The molecule has 0 radical (unpaired) electrons. The van der Waals surface area contributed by atoms with Crippen LogP contribution in [0.4, 0.5) is 0 Å². The summed E-state index contributed by atoms with van der Waals surface area (Å²) in [6, 6.07) is 4.32. The largest absolute Gasteiger partial charge is 0.387 e. The first-order valence-corrected chi connectivity index (χ1v) is 7.98. The van der Waals surface area contributed by atoms with E-state index < -0.39 is 6.10 Å². The van der Waals surface area contributed by atoms with Crippen molar-refractivity contribution >= 4 is 0 Å². The molecule has 1 aromatic carbocycles. The molecule has 21 heavy (non-hydrogen) atoms. The first-order valence-electron chi connectivity index (χ1n) is 7.98. The van der Waals surface area contributed by atoms with Crippen LogP contribution in [-0.2, 0) is 4.74 Å². The lowest BCUT2D eigenvalue weighted by molar-refractivity contribution is 0.0559. The maximum atomic E-state index is 10.7. The fraction of sp³-hybridized carbons (Fsp3) is 0.667. The highest BCUT2D eigenvalue weighted by molar-refractivity contribution is 5.39. The van der Waals surface area contributed by atoms with Crippen LogP contribution in [0.2, 0.25) is 0 Å². The molecule has 118 valence electrons. The molecule has 1 fully saturated rings. The number of likely N-dealkylation sites (tertiary alicyclic amines) is 1. The molecule has 2 unspecified atom stereocenters. The number of piperidine rings is 1. The molecule has 0 amide bonds. The van der Waals surface area contributed by atoms with E-state index in [4.69, 9.17) is 4.74 Å². The number of hydrogen-bond donors (Lipinski definition) is 1. The maximum Gasteiger partial charge on any atom is 0.0922 e. The van der Waals surface area contributed by atoms with Gasteiger partial charge in [0.2, 0.25) is 0 Å². The summed E-state index contributed by atoms with van der Waals surface area (Å²) < 4.78 is 5.28. The number of β-amino-alcohol motifs (C(OH)–C–C–N with tert-alkyl or cyclic N) is 1. The van der Waals surface area contributed by atoms with E-state index in [1.54, 1.807) is 7.11 Å². The first-order chi connectivity index (χ1) is 10.0. The van der Waals surface area contributed by atoms with Crippen LogP contribution < -0.4 is 0 Å². The Morgan fingerprint density at radius 2 is 1.95 bits per heavy atom. The molecule has 1 saturated heterocycles. The highest BCUT2D eigenvalue weighted by Gasteiger charge is 2.23. The summed E-state index contributed by atoms with van der Waals surface area (Å²) in [6.45, 7) is 9.98. The molecule has 3 heteroatoms. The third kappa shape index (κ3) is 4.29. The summed E-state index contributed by atoms with van der Waals surface area (Å²) in [6.07, 6.45) is 2.04. The molecule has 3 nitrogen and oxygen atoms in total. The molecule has 2 rings (SSSR count). The maximum absolute atomic E-state index is 10.7. The van der Waals surface area contributed by atoms with Gasteiger partial charge in [-0.1, -0.05) is 17.7 Å². The average molecular weight is 291 g/mol. The van der Waals surface area contributed by atoms with Crippen LogP contribution in [0.3, 0.4) is 0 Å². The molecule has 0 bridgehead atoms. The average Bonchev–Trinajstić information content (AvgIpc) is 2.38. The molecule has 1 aromatic rings. The van der Waals surface area contributed by atoms with Crippen molar-refractivity contribution < 1.29 is 9.84 Å². The number of aliphatic hydroxyl groups is 1. The van der Waals surface area contributed by atoms with Crippen molar-refractivity contribution in [2.45, 2.75) is 39.7 Å². The lowest BCUT2D eigenvalue weighted by atomic mass is 9.94. The van der Waals surface area contributed by atoms with Crippen molar-refractivity contribution in [2.24, 2.45) is 5.92 Å². The van der Waals surface area contributed by atoms with E-state index in [-0.39, 0.29) is 0 Å². The third-order valence-electron chi connectivity index (χ3n) is 4.51. The Bertz CT molecular complexity index is 447. The SMILES string of the molecule is COCC1CCCN(CC(O)c2c(C)cc(C)cc2C)C1. The van der Waals surface area contributed by atoms with E-state index in [2.05, 4.69) is 37.8 Å². The summed E-state index contributed by atoms with van der Waals surface area (Å²) in [5, 5.41) is 10.7. The summed E-state index contributed by atoms with van der Waals surface area (Å²) in [4.78, 5) is 2.39. The van der Waals surface area contributed by atoms with E-state index in [0.717, 1.165) is 31.8 Å². The number of rotatable bonds is 5. The molecule has 1 N–H and O–H groups in total. The standard InChI is InChI=1S/C18H29NO2/c1-13-8-14(2)18(15(3)9-13)17(20)11-19-7-5-6-16(10-19)12-21-4/h8-9,16-17,20H,5-7,10-12H2,1-4H3. The van der Waals surface area contributed by atoms with Crippen LogP contribution in [0.1, 0.15) is 41.2 Å². The molecule has 1 aliphatic heterocycles. The zero-order valence-electron chi connectivity index (χ0n) is 13.9. The van der Waals surface area contributed by atoms with Crippen molar-refractivity contribution in [1.29, 1.82) is 0 Å². The van der Waals surface area contributed by atoms with Gasteiger partial charge >= 0.3 is 0 Å². The molecular formula is C18H29NO2. The normalized spacial score (nSPS) is 21.5. The van der Waals surface area contributed by atoms with Crippen LogP contribution in [-0.4, -0.2) is 43.4 Å². The predicted molar refractivity (Wildman–Crippen MR) is 86.7 cm³/mol. The molecule has 0 saturated carbocycles. The molecule has 0 spiro atoms. The molecule has 0 aromatic heterocycles. The summed E-state index contributed by atoms with van der Waals surface area (Å²) in [5.74, 6) is 0.608. The summed E-state index contributed by atoms with van der Waals surface area (Å²) >= 11 is 0. The number of nitrogens with zero attached hydrogens (tertiary/aromatic N) is 1. The van der Waals surface area contributed by atoms with Gasteiger partial charge < -0.3 is 14.7 Å². The van der Waals surface area contributed by atoms with Gasteiger partial charge in [-0.25, -0.2) is 0 Å². The van der Waals surface area contributed by atoms with Gasteiger partial charge in [0.25, 0.3) is 0 Å². The van der Waals surface area contributed by atoms with Crippen molar-refractivity contribution in [3.63, 3.8) is 0 Å². The van der Waals surface area contributed by atoms with Crippen molar-refractivity contribution in [3.8, 4) is 0 Å². The third-order valence-corrected chi connectivity index (χ3v) is 4.51. The molecule has 2 atom stereocenters. The molecule has 1 aliphatic rings. The Labute approximate surface area is 128 Å². The van der Waals surface area contributed by atoms with Crippen LogP contribution in [0.15, 0.2) is 12.1 Å². The van der Waals surface area contributed by atoms with Crippen LogP contribution in [0.5, 0.6) is 0 Å². The van der Waals surface area contributed by atoms with Crippen molar-refractivity contribution in [2.75, 3.05) is 33.4 Å². The Hall–Kier alpha value is -0.900. The second-order valence-electron chi connectivity index (χ2n) is 6.55. The molecular weight excluding hydrogens is 262 g/mol. The van der Waals surface area contributed by atoms with E-state index in [9.17, 15) is 5.11 Å². The minimum atomic E-state index is -0.396. The van der Waals surface area contributed by atoms with E-state index in [0.29, 0.717) is 5.92 Å². The van der Waals surface area contributed by atoms with Crippen molar-refractivity contribution in [3.05, 3.63) is 34.4 Å². The van der Waals surface area contributed by atoms with Gasteiger partial charge in [0.15, 0.2) is 0 Å². The highest BCUT2D eigenvalue weighted by atomic mass is 16.5. The number of hydrogen-bond acceptors (Lipinski definition) is 3. The smallest absolute Gasteiger partial charge is 0.0922 e. The van der Waals surface area contributed by atoms with Gasteiger partial charge in [-0.2, -0.15) is 0 Å². The summed E-state index contributed by atoms with van der Waals surface area (Å²) in [5.41, 5.74) is 4.77. The lowest BCUT2D eigenvalue weighted by Crippen LogP contribution is -2.39. The van der Waals surface area contributed by atoms with Gasteiger partial charge in [0.05, 0.1) is 12.7 Å². The van der Waals surface area contributed by atoms with E-state index >= 15 is 0 Å². The number of aliphatic hydroxyl groups excluding tert-OH is 1. The first kappa shape index (κ1) is 16.5. The quantitative estimate of drug-likeness (QED) is 0.905. The highest BCUT2D eigenvalue weighted by Crippen LogP contribution is 2.26. The summed E-state index contributed by atoms with van der Waals surface area (Å²) in [7, 11) is 1.77.